The van der Waals surface area contributed by atoms with Gasteiger partial charge in [-0.05, 0) is 28.8 Å². The number of hydrogen-bond acceptors (Lipinski definition) is 4. The third-order valence-electron chi connectivity index (χ3n) is 7.02. The van der Waals surface area contributed by atoms with Crippen LogP contribution in [-0.2, 0) is 6.54 Å². The van der Waals surface area contributed by atoms with Gasteiger partial charge in [-0.15, -0.1) is 5.10 Å². The second kappa shape index (κ2) is 9.58. The quantitative estimate of drug-likeness (QED) is 0.240. The molecule has 188 valence electrons. The number of para-hydroxylation sites is 1. The summed E-state index contributed by atoms with van der Waals surface area (Å²) in [5, 5.41) is 5.79. The molecule has 0 saturated carbocycles. The standard InChI is InChI=1S/C33H25N5O/c1-39-27-20-12-11-19-26(27)31-35-33-29-28(24-15-7-3-8-16-24)30(25-17-9-4-10-18-25)37(21-23-13-5-2-6-14-23)32(29)34-22-38(33)36-31/h2-20,22H,21H2,1H3. The van der Waals surface area contributed by atoms with E-state index in [-0.39, 0.29) is 0 Å². The molecule has 7 aromatic rings. The molecular weight excluding hydrogens is 482 g/mol. The van der Waals surface area contributed by atoms with E-state index in [1.807, 2.05) is 42.5 Å². The molecule has 0 aliphatic carbocycles. The third kappa shape index (κ3) is 3.94. The lowest BCUT2D eigenvalue weighted by molar-refractivity contribution is 0.416. The Bertz CT molecular complexity index is 1910. The highest BCUT2D eigenvalue weighted by Crippen LogP contribution is 2.42. The van der Waals surface area contributed by atoms with Gasteiger partial charge in [-0.25, -0.2) is 14.5 Å². The van der Waals surface area contributed by atoms with Gasteiger partial charge in [0.1, 0.15) is 17.7 Å². The van der Waals surface area contributed by atoms with Gasteiger partial charge in [0.05, 0.1) is 23.8 Å². The summed E-state index contributed by atoms with van der Waals surface area (Å²) in [5.74, 6) is 1.32. The Morgan fingerprint density at radius 2 is 1.33 bits per heavy atom. The van der Waals surface area contributed by atoms with E-state index in [0.29, 0.717) is 12.4 Å². The summed E-state index contributed by atoms with van der Waals surface area (Å²) < 4.78 is 9.70. The average Bonchev–Trinajstić information content (AvgIpc) is 3.58. The van der Waals surface area contributed by atoms with Crippen molar-refractivity contribution in [2.75, 3.05) is 7.11 Å². The van der Waals surface area contributed by atoms with Crippen molar-refractivity contribution in [3.05, 3.63) is 127 Å². The number of methoxy groups -OCH3 is 1. The first-order valence-corrected chi connectivity index (χ1v) is 12.9. The molecule has 0 N–H and O–H groups in total. The second-order valence-corrected chi connectivity index (χ2v) is 9.37. The maximum absolute atomic E-state index is 5.61. The summed E-state index contributed by atoms with van der Waals surface area (Å²) in [6, 6.07) is 39.3. The number of hydrogen-bond donors (Lipinski definition) is 0. The zero-order chi connectivity index (χ0) is 26.2. The lowest BCUT2D eigenvalue weighted by atomic mass is 9.99. The van der Waals surface area contributed by atoms with Crippen LogP contribution < -0.4 is 4.74 Å². The number of nitrogens with zero attached hydrogens (tertiary/aromatic N) is 5. The number of fused-ring (bicyclic) bond motifs is 3. The molecule has 0 atom stereocenters. The van der Waals surface area contributed by atoms with Crippen molar-refractivity contribution in [1.29, 1.82) is 0 Å². The minimum Gasteiger partial charge on any atom is -0.496 e. The third-order valence-corrected chi connectivity index (χ3v) is 7.02. The SMILES string of the molecule is COc1ccccc1-c1nc2c3c(-c4ccccc4)c(-c4ccccc4)n(Cc4ccccc4)c3ncn2n1. The summed E-state index contributed by atoms with van der Waals surface area (Å²) >= 11 is 0. The van der Waals surface area contributed by atoms with E-state index in [1.54, 1.807) is 18.0 Å². The first kappa shape index (κ1) is 22.9. The van der Waals surface area contributed by atoms with Gasteiger partial charge < -0.3 is 9.30 Å². The van der Waals surface area contributed by atoms with Crippen LogP contribution >= 0.6 is 0 Å². The highest BCUT2D eigenvalue weighted by molar-refractivity contribution is 6.09. The number of ether oxygens (including phenoxy) is 1. The summed E-state index contributed by atoms with van der Waals surface area (Å²) in [6.07, 6.45) is 1.76. The molecule has 0 fully saturated rings. The molecule has 3 aromatic heterocycles. The first-order chi connectivity index (χ1) is 19.3. The van der Waals surface area contributed by atoms with Crippen LogP contribution in [0.3, 0.4) is 0 Å². The zero-order valence-electron chi connectivity index (χ0n) is 21.4. The predicted octanol–water partition coefficient (Wildman–Crippen LogP) is 7.14. The van der Waals surface area contributed by atoms with Crippen molar-refractivity contribution < 1.29 is 4.74 Å². The van der Waals surface area contributed by atoms with E-state index in [0.717, 1.165) is 50.4 Å². The Balaban J connectivity index is 1.59. The van der Waals surface area contributed by atoms with Gasteiger partial charge in [0.15, 0.2) is 11.5 Å². The van der Waals surface area contributed by atoms with Crippen LogP contribution in [0.25, 0.3) is 50.5 Å². The molecular formula is C33H25N5O. The molecule has 39 heavy (non-hydrogen) atoms. The van der Waals surface area contributed by atoms with E-state index >= 15 is 0 Å². The fraction of sp³-hybridized carbons (Fsp3) is 0.0606. The number of aromatic nitrogens is 5. The lowest BCUT2D eigenvalue weighted by Crippen LogP contribution is -2.03. The average molecular weight is 508 g/mol. The monoisotopic (exact) mass is 507 g/mol. The zero-order valence-corrected chi connectivity index (χ0v) is 21.4. The smallest absolute Gasteiger partial charge is 0.185 e. The Hall–Kier alpha value is -5.23. The van der Waals surface area contributed by atoms with Crippen LogP contribution in [-0.4, -0.2) is 31.3 Å². The van der Waals surface area contributed by atoms with Gasteiger partial charge in [-0.1, -0.05) is 103 Å². The fourth-order valence-electron chi connectivity index (χ4n) is 5.28. The van der Waals surface area contributed by atoms with Crippen molar-refractivity contribution in [2.45, 2.75) is 6.54 Å². The van der Waals surface area contributed by atoms with Gasteiger partial charge in [0.2, 0.25) is 0 Å². The maximum atomic E-state index is 5.61. The summed E-state index contributed by atoms with van der Waals surface area (Å²) in [5.41, 5.74) is 8.06. The molecule has 0 amide bonds. The molecule has 0 bridgehead atoms. The van der Waals surface area contributed by atoms with Gasteiger partial charge >= 0.3 is 0 Å². The molecule has 0 aliphatic heterocycles. The number of benzene rings is 4. The normalized spacial score (nSPS) is 11.3. The van der Waals surface area contributed by atoms with Gasteiger partial charge in [0.25, 0.3) is 0 Å². The molecule has 0 aliphatic rings. The summed E-state index contributed by atoms with van der Waals surface area (Å²) in [4.78, 5) is 10.1. The predicted molar refractivity (Wildman–Crippen MR) is 155 cm³/mol. The van der Waals surface area contributed by atoms with Crippen LogP contribution in [0.15, 0.2) is 122 Å². The van der Waals surface area contributed by atoms with Crippen molar-refractivity contribution in [3.8, 4) is 39.5 Å². The van der Waals surface area contributed by atoms with E-state index in [2.05, 4.69) is 77.4 Å². The van der Waals surface area contributed by atoms with E-state index in [9.17, 15) is 0 Å². The van der Waals surface area contributed by atoms with Crippen molar-refractivity contribution >= 4 is 16.7 Å². The highest BCUT2D eigenvalue weighted by atomic mass is 16.5. The van der Waals surface area contributed by atoms with E-state index in [4.69, 9.17) is 19.8 Å². The molecule has 6 heteroatoms. The fourth-order valence-corrected chi connectivity index (χ4v) is 5.28. The van der Waals surface area contributed by atoms with Crippen LogP contribution in [0.4, 0.5) is 0 Å². The highest BCUT2D eigenvalue weighted by Gasteiger charge is 2.25. The van der Waals surface area contributed by atoms with Crippen LogP contribution in [0.2, 0.25) is 0 Å². The van der Waals surface area contributed by atoms with Crippen LogP contribution in [0, 0.1) is 0 Å². The van der Waals surface area contributed by atoms with Crippen LogP contribution in [0.1, 0.15) is 5.56 Å². The summed E-state index contributed by atoms with van der Waals surface area (Å²) in [7, 11) is 1.66. The van der Waals surface area contributed by atoms with Crippen molar-refractivity contribution in [1.82, 2.24) is 24.1 Å². The lowest BCUT2D eigenvalue weighted by Gasteiger charge is -2.13. The van der Waals surface area contributed by atoms with Gasteiger partial charge in [-0.3, -0.25) is 0 Å². The van der Waals surface area contributed by atoms with Crippen LogP contribution in [0.5, 0.6) is 5.75 Å². The Morgan fingerprint density at radius 3 is 2.05 bits per heavy atom. The van der Waals surface area contributed by atoms with E-state index < -0.39 is 0 Å². The largest absolute Gasteiger partial charge is 0.496 e. The van der Waals surface area contributed by atoms with E-state index in [1.165, 1.54) is 5.56 Å². The summed E-state index contributed by atoms with van der Waals surface area (Å²) in [6.45, 7) is 0.672. The molecule has 0 spiro atoms. The molecule has 3 heterocycles. The van der Waals surface area contributed by atoms with Crippen molar-refractivity contribution in [2.24, 2.45) is 0 Å². The van der Waals surface area contributed by atoms with Gasteiger partial charge in [-0.2, -0.15) is 0 Å². The minimum absolute atomic E-state index is 0.595. The molecule has 6 nitrogen and oxygen atoms in total. The maximum Gasteiger partial charge on any atom is 0.185 e. The van der Waals surface area contributed by atoms with Crippen molar-refractivity contribution in [3.63, 3.8) is 0 Å². The molecule has 7 rings (SSSR count). The first-order valence-electron chi connectivity index (χ1n) is 12.9. The number of rotatable bonds is 6. The molecule has 0 radical (unpaired) electrons. The minimum atomic E-state index is 0.595. The molecule has 0 unspecified atom stereocenters. The molecule has 0 saturated heterocycles. The second-order valence-electron chi connectivity index (χ2n) is 9.37. The Kier molecular flexibility index (Phi) is 5.63. The topological polar surface area (TPSA) is 57.2 Å². The Labute approximate surface area is 225 Å². The Morgan fingerprint density at radius 1 is 0.692 bits per heavy atom. The molecule has 4 aromatic carbocycles. The van der Waals surface area contributed by atoms with Gasteiger partial charge in [0, 0.05) is 12.1 Å².